The first-order valence-electron chi connectivity index (χ1n) is 3.67. The predicted octanol–water partition coefficient (Wildman–Crippen LogP) is 2.19. The van der Waals surface area contributed by atoms with Crippen molar-refractivity contribution in [3.63, 3.8) is 0 Å². The molecule has 0 fully saturated rings. The molecule has 2 nitrogen and oxygen atoms in total. The molecular formula is C8H11BrO2. The number of carbonyl (C=O) groups is 1. The van der Waals surface area contributed by atoms with Gasteiger partial charge in [0.25, 0.3) is 0 Å². The maximum absolute atomic E-state index is 10.5. The van der Waals surface area contributed by atoms with E-state index in [1.54, 1.807) is 0 Å². The molecular weight excluding hydrogens is 208 g/mol. The maximum Gasteiger partial charge on any atom is 0.331 e. The lowest BCUT2D eigenvalue weighted by atomic mass is 9.91. The normalized spacial score (nSPS) is 31.3. The zero-order valence-corrected chi connectivity index (χ0v) is 7.97. The summed E-state index contributed by atoms with van der Waals surface area (Å²) in [5.74, 6) is -0.223. The van der Waals surface area contributed by atoms with E-state index in [1.165, 1.54) is 0 Å². The van der Waals surface area contributed by atoms with Crippen LogP contribution in [0.15, 0.2) is 11.6 Å². The van der Waals surface area contributed by atoms with Gasteiger partial charge in [0.1, 0.15) is 0 Å². The molecule has 0 heterocycles. The Morgan fingerprint density at radius 3 is 2.91 bits per heavy atom. The number of carboxylic acid groups (broad SMARTS) is 1. The third-order valence-corrected chi connectivity index (χ3v) is 3.27. The van der Waals surface area contributed by atoms with E-state index in [4.69, 9.17) is 5.11 Å². The Labute approximate surface area is 74.4 Å². The highest BCUT2D eigenvalue weighted by molar-refractivity contribution is 9.09. The molecule has 11 heavy (non-hydrogen) atoms. The summed E-state index contributed by atoms with van der Waals surface area (Å²) >= 11 is 3.46. The fourth-order valence-electron chi connectivity index (χ4n) is 1.15. The fraction of sp³-hybridized carbons (Fsp3) is 0.625. The molecule has 0 aliphatic heterocycles. The van der Waals surface area contributed by atoms with Gasteiger partial charge in [-0.15, -0.1) is 0 Å². The van der Waals surface area contributed by atoms with E-state index in [0.717, 1.165) is 6.42 Å². The quantitative estimate of drug-likeness (QED) is 0.686. The number of hydrogen-bond donors (Lipinski definition) is 1. The number of carboxylic acids is 1. The van der Waals surface area contributed by atoms with Crippen LogP contribution in [0.3, 0.4) is 0 Å². The second kappa shape index (κ2) is 3.39. The standard InChI is InChI=1S/C8H11BrO2/c1-5-2-3-6(8(10)11)4-7(5)9/h3,5,7H,2,4H2,1H3,(H,10,11). The molecule has 1 N–H and O–H groups in total. The molecule has 1 rings (SSSR count). The highest BCUT2D eigenvalue weighted by Crippen LogP contribution is 2.29. The van der Waals surface area contributed by atoms with Gasteiger partial charge in [-0.3, -0.25) is 0 Å². The molecule has 1 aliphatic carbocycles. The molecule has 3 heteroatoms. The van der Waals surface area contributed by atoms with Crippen molar-refractivity contribution in [3.8, 4) is 0 Å². The SMILES string of the molecule is CC1CC=C(C(=O)O)CC1Br. The second-order valence-electron chi connectivity index (χ2n) is 2.97. The van der Waals surface area contributed by atoms with Crippen LogP contribution in [0.25, 0.3) is 0 Å². The number of rotatable bonds is 1. The Kier molecular flexibility index (Phi) is 2.71. The van der Waals surface area contributed by atoms with Crippen LogP contribution in [0.2, 0.25) is 0 Å². The predicted molar refractivity (Wildman–Crippen MR) is 46.8 cm³/mol. The van der Waals surface area contributed by atoms with E-state index in [1.807, 2.05) is 6.08 Å². The Balaban J connectivity index is 2.66. The highest BCUT2D eigenvalue weighted by atomic mass is 79.9. The van der Waals surface area contributed by atoms with Crippen LogP contribution in [-0.2, 0) is 4.79 Å². The second-order valence-corrected chi connectivity index (χ2v) is 4.14. The Hall–Kier alpha value is -0.310. The molecule has 2 unspecified atom stereocenters. The molecule has 0 aromatic rings. The van der Waals surface area contributed by atoms with Crippen LogP contribution < -0.4 is 0 Å². The van der Waals surface area contributed by atoms with Gasteiger partial charge in [-0.1, -0.05) is 28.9 Å². The summed E-state index contributed by atoms with van der Waals surface area (Å²) in [6.45, 7) is 2.12. The lowest BCUT2D eigenvalue weighted by molar-refractivity contribution is -0.132. The Morgan fingerprint density at radius 1 is 1.82 bits per heavy atom. The van der Waals surface area contributed by atoms with Gasteiger partial charge in [0.05, 0.1) is 0 Å². The highest BCUT2D eigenvalue weighted by Gasteiger charge is 2.22. The van der Waals surface area contributed by atoms with Gasteiger partial charge < -0.3 is 5.11 Å². The summed E-state index contributed by atoms with van der Waals surface area (Å²) in [6, 6.07) is 0. The Bertz CT molecular complexity index is 198. The van der Waals surface area contributed by atoms with Crippen LogP contribution in [0, 0.1) is 5.92 Å². The van der Waals surface area contributed by atoms with Crippen molar-refractivity contribution in [2.75, 3.05) is 0 Å². The largest absolute Gasteiger partial charge is 0.478 e. The zero-order valence-electron chi connectivity index (χ0n) is 6.38. The van der Waals surface area contributed by atoms with Crippen LogP contribution in [0.4, 0.5) is 0 Å². The first-order valence-corrected chi connectivity index (χ1v) is 4.59. The molecule has 0 radical (unpaired) electrons. The van der Waals surface area contributed by atoms with Crippen LogP contribution in [-0.4, -0.2) is 15.9 Å². The fourth-order valence-corrected chi connectivity index (χ4v) is 1.71. The number of hydrogen-bond acceptors (Lipinski definition) is 1. The number of aliphatic carboxylic acids is 1. The van der Waals surface area contributed by atoms with Gasteiger partial charge in [0, 0.05) is 10.4 Å². The molecule has 2 atom stereocenters. The lowest BCUT2D eigenvalue weighted by Crippen LogP contribution is -2.19. The van der Waals surface area contributed by atoms with E-state index in [-0.39, 0.29) is 0 Å². The zero-order chi connectivity index (χ0) is 8.43. The lowest BCUT2D eigenvalue weighted by Gasteiger charge is -2.21. The molecule has 0 aromatic heterocycles. The third-order valence-electron chi connectivity index (χ3n) is 2.04. The van der Waals surface area contributed by atoms with Crippen molar-refractivity contribution in [1.82, 2.24) is 0 Å². The molecule has 0 aromatic carbocycles. The molecule has 0 saturated heterocycles. The summed E-state index contributed by atoms with van der Waals surface area (Å²) in [4.78, 5) is 10.8. The Morgan fingerprint density at radius 2 is 2.45 bits per heavy atom. The van der Waals surface area contributed by atoms with E-state index in [9.17, 15) is 4.79 Å². The molecule has 62 valence electrons. The number of halogens is 1. The van der Waals surface area contributed by atoms with Gasteiger partial charge in [0.15, 0.2) is 0 Å². The summed E-state index contributed by atoms with van der Waals surface area (Å²) in [5, 5.41) is 8.65. The van der Waals surface area contributed by atoms with Crippen molar-refractivity contribution in [1.29, 1.82) is 0 Å². The maximum atomic E-state index is 10.5. The summed E-state index contributed by atoms with van der Waals surface area (Å²) in [7, 11) is 0. The van der Waals surface area contributed by atoms with Gasteiger partial charge in [-0.2, -0.15) is 0 Å². The van der Waals surface area contributed by atoms with Crippen LogP contribution in [0.1, 0.15) is 19.8 Å². The first-order chi connectivity index (χ1) is 5.11. The molecule has 0 spiro atoms. The average Bonchev–Trinajstić information content (AvgIpc) is 1.94. The minimum absolute atomic E-state index is 0.332. The molecule has 0 bridgehead atoms. The van der Waals surface area contributed by atoms with Crippen molar-refractivity contribution >= 4 is 21.9 Å². The monoisotopic (exact) mass is 218 g/mol. The summed E-state index contributed by atoms with van der Waals surface area (Å²) in [5.41, 5.74) is 0.546. The van der Waals surface area contributed by atoms with E-state index < -0.39 is 5.97 Å². The van der Waals surface area contributed by atoms with Crippen molar-refractivity contribution in [2.45, 2.75) is 24.6 Å². The van der Waals surface area contributed by atoms with Crippen molar-refractivity contribution in [3.05, 3.63) is 11.6 Å². The van der Waals surface area contributed by atoms with E-state index >= 15 is 0 Å². The van der Waals surface area contributed by atoms with Crippen molar-refractivity contribution in [2.24, 2.45) is 5.92 Å². The summed E-state index contributed by atoms with van der Waals surface area (Å²) < 4.78 is 0. The van der Waals surface area contributed by atoms with E-state index in [2.05, 4.69) is 22.9 Å². The van der Waals surface area contributed by atoms with Crippen LogP contribution in [0.5, 0.6) is 0 Å². The smallest absolute Gasteiger partial charge is 0.331 e. The molecule has 0 saturated carbocycles. The van der Waals surface area contributed by atoms with Gasteiger partial charge in [-0.25, -0.2) is 4.79 Å². The van der Waals surface area contributed by atoms with E-state index in [0.29, 0.717) is 22.7 Å². The van der Waals surface area contributed by atoms with Crippen LogP contribution >= 0.6 is 15.9 Å². The van der Waals surface area contributed by atoms with Gasteiger partial charge >= 0.3 is 5.97 Å². The number of allylic oxidation sites excluding steroid dienone is 1. The average molecular weight is 219 g/mol. The minimum atomic E-state index is -0.777. The third kappa shape index (κ3) is 2.06. The van der Waals surface area contributed by atoms with Crippen molar-refractivity contribution < 1.29 is 9.90 Å². The minimum Gasteiger partial charge on any atom is -0.478 e. The topological polar surface area (TPSA) is 37.3 Å². The number of alkyl halides is 1. The first kappa shape index (κ1) is 8.78. The summed E-state index contributed by atoms with van der Waals surface area (Å²) in [6.07, 6.45) is 3.35. The van der Waals surface area contributed by atoms with Gasteiger partial charge in [-0.05, 0) is 18.8 Å². The molecule has 0 amide bonds. The van der Waals surface area contributed by atoms with Gasteiger partial charge in [0.2, 0.25) is 0 Å². The molecule has 1 aliphatic rings.